The maximum absolute atomic E-state index is 13.9. The summed E-state index contributed by atoms with van der Waals surface area (Å²) in [5.41, 5.74) is 1.01. The molecule has 2 saturated carbocycles. The molecule has 230 valence electrons. The van der Waals surface area contributed by atoms with Gasteiger partial charge in [-0.25, -0.2) is 0 Å². The number of imide groups is 1. The minimum atomic E-state index is -4.60. The summed E-state index contributed by atoms with van der Waals surface area (Å²) in [6, 6.07) is 19.6. The molecule has 4 aromatic rings. The Bertz CT molecular complexity index is 1890. The molecule has 3 fully saturated rings. The lowest BCUT2D eigenvalue weighted by atomic mass is 9.68. The van der Waals surface area contributed by atoms with Crippen LogP contribution in [-0.4, -0.2) is 22.0 Å². The van der Waals surface area contributed by atoms with Crippen molar-refractivity contribution in [2.45, 2.75) is 35.4 Å². The number of amides is 2. The van der Waals surface area contributed by atoms with Crippen LogP contribution < -0.4 is 14.5 Å². The SMILES string of the molecule is O=C1[C@H]2[C@H]3C[C@@H]([C@@H]2C(=O)N1c1cccc(C(F)(F)F)c1)[C@H]1[C@H](c2ccc(OCc4ccc(Cl)cc4)cc2)c2sc(=O)[nH]c2S[C@H]31. The van der Waals surface area contributed by atoms with Crippen molar-refractivity contribution in [1.82, 2.24) is 4.98 Å². The third-order valence-corrected chi connectivity index (χ3v) is 12.6. The monoisotopic (exact) mass is 668 g/mol. The van der Waals surface area contributed by atoms with Gasteiger partial charge in [-0.05, 0) is 77.8 Å². The largest absolute Gasteiger partial charge is 0.489 e. The molecule has 2 amide bonds. The fourth-order valence-corrected chi connectivity index (χ4v) is 11.0. The maximum atomic E-state index is 13.9. The molecule has 0 unspecified atom stereocenters. The molecule has 2 aliphatic heterocycles. The van der Waals surface area contributed by atoms with Crippen LogP contribution in [0.2, 0.25) is 5.02 Å². The lowest BCUT2D eigenvalue weighted by Crippen LogP contribution is -2.42. The number of thioether (sulfide) groups is 1. The van der Waals surface area contributed by atoms with Crippen molar-refractivity contribution in [3.63, 3.8) is 0 Å². The van der Waals surface area contributed by atoms with Gasteiger partial charge in [0.15, 0.2) is 0 Å². The molecule has 8 rings (SSSR count). The second-order valence-corrected chi connectivity index (χ2v) is 14.6. The average molecular weight is 669 g/mol. The number of hydrogen-bond donors (Lipinski definition) is 1. The normalized spacial score (nSPS) is 28.3. The number of alkyl halides is 3. The summed E-state index contributed by atoms with van der Waals surface area (Å²) in [5, 5.41) is 1.41. The van der Waals surface area contributed by atoms with E-state index in [1.807, 2.05) is 48.5 Å². The van der Waals surface area contributed by atoms with E-state index in [-0.39, 0.29) is 39.5 Å². The van der Waals surface area contributed by atoms with Crippen LogP contribution in [0.15, 0.2) is 82.6 Å². The first-order valence-corrected chi connectivity index (χ1v) is 16.6. The molecular weight excluding hydrogens is 645 g/mol. The van der Waals surface area contributed by atoms with Crippen LogP contribution in [0.5, 0.6) is 5.75 Å². The van der Waals surface area contributed by atoms with Crippen molar-refractivity contribution in [1.29, 1.82) is 0 Å². The molecule has 1 saturated heterocycles. The molecule has 1 N–H and O–H groups in total. The van der Waals surface area contributed by atoms with Gasteiger partial charge in [-0.1, -0.05) is 53.3 Å². The Balaban J connectivity index is 1.11. The van der Waals surface area contributed by atoms with E-state index in [0.717, 1.165) is 38.1 Å². The van der Waals surface area contributed by atoms with Crippen LogP contribution in [0.1, 0.15) is 33.9 Å². The van der Waals surface area contributed by atoms with Crippen LogP contribution in [0.25, 0.3) is 0 Å². The average Bonchev–Trinajstić information content (AvgIpc) is 3.75. The van der Waals surface area contributed by atoms with E-state index < -0.39 is 35.4 Å². The van der Waals surface area contributed by atoms with Gasteiger partial charge in [0.25, 0.3) is 0 Å². The molecule has 2 aliphatic carbocycles. The number of fused-ring (bicyclic) bond motifs is 9. The van der Waals surface area contributed by atoms with E-state index in [1.165, 1.54) is 23.5 Å². The predicted molar refractivity (Wildman–Crippen MR) is 165 cm³/mol. The first-order chi connectivity index (χ1) is 21.6. The van der Waals surface area contributed by atoms with Crippen molar-refractivity contribution < 1.29 is 27.5 Å². The fourth-order valence-electron chi connectivity index (χ4n) is 7.98. The van der Waals surface area contributed by atoms with E-state index in [4.69, 9.17) is 16.3 Å². The maximum Gasteiger partial charge on any atom is 0.416 e. The van der Waals surface area contributed by atoms with Crippen molar-refractivity contribution in [2.24, 2.45) is 29.6 Å². The number of ether oxygens (including phenoxy) is 1. The van der Waals surface area contributed by atoms with Gasteiger partial charge in [-0.2, -0.15) is 13.2 Å². The van der Waals surface area contributed by atoms with Crippen LogP contribution in [-0.2, 0) is 22.4 Å². The molecule has 6 nitrogen and oxygen atoms in total. The summed E-state index contributed by atoms with van der Waals surface area (Å²) in [4.78, 5) is 45.0. The molecule has 3 aromatic carbocycles. The number of aromatic amines is 1. The number of carbonyl (C=O) groups excluding carboxylic acids is 2. The van der Waals surface area contributed by atoms with E-state index >= 15 is 0 Å². The van der Waals surface area contributed by atoms with Crippen molar-refractivity contribution >= 4 is 52.2 Å². The Kier molecular flexibility index (Phi) is 6.74. The Morgan fingerprint density at radius 2 is 1.64 bits per heavy atom. The highest BCUT2D eigenvalue weighted by molar-refractivity contribution is 8.00. The van der Waals surface area contributed by atoms with Gasteiger partial charge in [0.1, 0.15) is 12.4 Å². The molecule has 2 bridgehead atoms. The lowest BCUT2D eigenvalue weighted by molar-refractivity contribution is -0.137. The number of thiazole rings is 1. The molecular formula is C33H24ClF3N2O4S2. The third-order valence-electron chi connectivity index (χ3n) is 9.71. The number of hydrogen-bond acceptors (Lipinski definition) is 6. The zero-order valence-corrected chi connectivity index (χ0v) is 25.7. The fraction of sp³-hybridized carbons (Fsp3) is 0.303. The van der Waals surface area contributed by atoms with Gasteiger partial charge in [0.2, 0.25) is 11.8 Å². The van der Waals surface area contributed by atoms with Gasteiger partial charge >= 0.3 is 11.0 Å². The van der Waals surface area contributed by atoms with E-state index in [9.17, 15) is 27.6 Å². The number of nitrogens with one attached hydrogen (secondary N) is 1. The number of nitrogens with zero attached hydrogens (tertiary/aromatic N) is 1. The third kappa shape index (κ3) is 4.65. The summed E-state index contributed by atoms with van der Waals surface area (Å²) in [6.45, 7) is 0.371. The van der Waals surface area contributed by atoms with Gasteiger partial charge in [0, 0.05) is 21.1 Å². The summed E-state index contributed by atoms with van der Waals surface area (Å²) in [6.07, 6.45) is -3.91. The van der Waals surface area contributed by atoms with E-state index in [2.05, 4.69) is 4.98 Å². The quantitative estimate of drug-likeness (QED) is 0.225. The number of anilines is 1. The van der Waals surface area contributed by atoms with Crippen molar-refractivity contribution in [2.75, 3.05) is 4.90 Å². The Morgan fingerprint density at radius 3 is 2.36 bits per heavy atom. The summed E-state index contributed by atoms with van der Waals surface area (Å²) in [7, 11) is 0. The Hall–Kier alpha value is -3.54. The van der Waals surface area contributed by atoms with Gasteiger partial charge in [-0.15, -0.1) is 11.8 Å². The highest BCUT2D eigenvalue weighted by Crippen LogP contribution is 2.68. The zero-order valence-electron chi connectivity index (χ0n) is 23.3. The molecule has 0 spiro atoms. The molecule has 1 aromatic heterocycles. The van der Waals surface area contributed by atoms with Gasteiger partial charge < -0.3 is 9.72 Å². The first-order valence-electron chi connectivity index (χ1n) is 14.5. The highest BCUT2D eigenvalue weighted by Gasteiger charge is 2.69. The minimum absolute atomic E-state index is 0.0285. The highest BCUT2D eigenvalue weighted by atomic mass is 35.5. The second kappa shape index (κ2) is 10.5. The number of aromatic nitrogens is 1. The van der Waals surface area contributed by atoms with Crippen molar-refractivity contribution in [3.8, 4) is 5.75 Å². The molecule has 7 atom stereocenters. The van der Waals surface area contributed by atoms with Gasteiger partial charge in [-0.3, -0.25) is 19.3 Å². The number of H-pyrrole nitrogens is 1. The number of rotatable bonds is 5. The number of halogens is 4. The second-order valence-electron chi connectivity index (χ2n) is 12.0. The first kappa shape index (κ1) is 28.9. The summed E-state index contributed by atoms with van der Waals surface area (Å²) in [5.74, 6) is -1.88. The minimum Gasteiger partial charge on any atom is -0.489 e. The van der Waals surface area contributed by atoms with Gasteiger partial charge in [0.05, 0.1) is 28.1 Å². The van der Waals surface area contributed by atoms with Crippen LogP contribution >= 0.6 is 34.7 Å². The molecule has 0 radical (unpaired) electrons. The van der Waals surface area contributed by atoms with Crippen molar-refractivity contribution in [3.05, 3.63) is 109 Å². The lowest BCUT2D eigenvalue weighted by Gasteiger charge is -2.43. The van der Waals surface area contributed by atoms with E-state index in [0.29, 0.717) is 23.8 Å². The zero-order chi connectivity index (χ0) is 31.2. The van der Waals surface area contributed by atoms with Crippen LogP contribution in [0.4, 0.5) is 18.9 Å². The summed E-state index contributed by atoms with van der Waals surface area (Å²) >= 11 is 8.71. The Labute approximate surface area is 268 Å². The predicted octanol–water partition coefficient (Wildman–Crippen LogP) is 7.37. The standard InChI is InChI=1S/C33H24ClF3N2O4S2/c34-18-8-4-15(5-9-18)14-43-20-10-6-16(7-11-20)23-24-21-13-22(27(24)44-29-28(23)45-32(42)38-29)26-25(21)30(40)39(31(26)41)19-3-1-2-17(12-19)33(35,36)37/h1-12,21-27H,13-14H2,(H,38,42)/t21-,22-,23+,24+,25+,26+,27-/m1/s1. The molecule has 45 heavy (non-hydrogen) atoms. The van der Waals surface area contributed by atoms with Crippen LogP contribution in [0.3, 0.4) is 0 Å². The molecule has 4 aliphatic rings. The summed E-state index contributed by atoms with van der Waals surface area (Å²) < 4.78 is 46.4. The molecule has 12 heteroatoms. The van der Waals surface area contributed by atoms with Crippen LogP contribution in [0, 0.1) is 29.6 Å². The van der Waals surface area contributed by atoms with E-state index in [1.54, 1.807) is 11.8 Å². The Morgan fingerprint density at radius 1 is 0.933 bits per heavy atom. The number of carbonyl (C=O) groups is 2. The topological polar surface area (TPSA) is 79.5 Å². The smallest absolute Gasteiger partial charge is 0.416 e. The number of benzene rings is 3. The molecule has 3 heterocycles.